The molecule has 3 rings (SSSR count). The molecule has 1 saturated carbocycles. The Kier molecular flexibility index (Phi) is 10.9. The molecule has 1 aromatic carbocycles. The molecule has 0 radical (unpaired) electrons. The lowest BCUT2D eigenvalue weighted by atomic mass is 9.72. The van der Waals surface area contributed by atoms with Gasteiger partial charge in [-0.05, 0) is 38.3 Å². The first-order valence-corrected chi connectivity index (χ1v) is 14.9. The zero-order chi connectivity index (χ0) is 33.9. The highest BCUT2D eigenvalue weighted by molar-refractivity contribution is 5.95. The lowest BCUT2D eigenvalue weighted by Crippen LogP contribution is -2.56. The summed E-state index contributed by atoms with van der Waals surface area (Å²) in [5.74, 6) is -7.66. The van der Waals surface area contributed by atoms with Crippen LogP contribution in [0.4, 0.5) is 0 Å². The Labute approximate surface area is 262 Å². The summed E-state index contributed by atoms with van der Waals surface area (Å²) in [4.78, 5) is 79.0. The summed E-state index contributed by atoms with van der Waals surface area (Å²) in [6, 6.07) is 8.07. The van der Waals surface area contributed by atoms with Crippen LogP contribution in [0, 0.1) is 23.2 Å². The standard InChI is InChI=1S/C34H42O11/c1-9-24(37)44-28-20(4)27(42-21(5)35)25-26(45-32(40)23-13-11-10-12-14-23)19(3)17-34(25,41)30(38)18(2)15-16-33(7,8)31(39)29(28)43-22(6)36/h10-16,18-19,25-29,41H,4,9,17H2,1-3,5-8H3. The molecule has 0 saturated heterocycles. The van der Waals surface area contributed by atoms with Gasteiger partial charge in [0.05, 0.1) is 11.5 Å². The topological polar surface area (TPSA) is 160 Å². The third kappa shape index (κ3) is 7.58. The maximum atomic E-state index is 14.1. The Morgan fingerprint density at radius 1 is 0.889 bits per heavy atom. The minimum absolute atomic E-state index is 0.135. The minimum atomic E-state index is -2.24. The summed E-state index contributed by atoms with van der Waals surface area (Å²) in [6.07, 6.45) is -3.70. The fraction of sp³-hybridized carbons (Fsp3) is 0.529. The lowest BCUT2D eigenvalue weighted by Gasteiger charge is -2.41. The highest BCUT2D eigenvalue weighted by Gasteiger charge is 2.63. The van der Waals surface area contributed by atoms with Gasteiger partial charge in [0.25, 0.3) is 0 Å². The van der Waals surface area contributed by atoms with E-state index < -0.39 is 88.6 Å². The van der Waals surface area contributed by atoms with E-state index in [1.54, 1.807) is 32.0 Å². The zero-order valence-electron chi connectivity index (χ0n) is 26.7. The second-order valence-corrected chi connectivity index (χ2v) is 12.4. The number of benzene rings is 1. The van der Waals surface area contributed by atoms with Crippen molar-refractivity contribution in [1.29, 1.82) is 0 Å². The van der Waals surface area contributed by atoms with Gasteiger partial charge in [0.2, 0.25) is 6.10 Å². The molecule has 11 heteroatoms. The quantitative estimate of drug-likeness (QED) is 0.279. The van der Waals surface area contributed by atoms with Crippen molar-refractivity contribution in [3.63, 3.8) is 0 Å². The van der Waals surface area contributed by atoms with E-state index in [2.05, 4.69) is 6.58 Å². The van der Waals surface area contributed by atoms with Gasteiger partial charge in [0.15, 0.2) is 17.7 Å². The van der Waals surface area contributed by atoms with E-state index >= 15 is 0 Å². The molecule has 1 fully saturated rings. The van der Waals surface area contributed by atoms with Crippen LogP contribution in [0.5, 0.6) is 0 Å². The van der Waals surface area contributed by atoms with Crippen molar-refractivity contribution in [2.75, 3.05) is 0 Å². The van der Waals surface area contributed by atoms with Gasteiger partial charge >= 0.3 is 23.9 Å². The number of Topliss-reactive ketones (excluding diaryl/α,β-unsaturated/α-hetero) is 2. The molecule has 0 bridgehead atoms. The number of hydrogen-bond donors (Lipinski definition) is 1. The van der Waals surface area contributed by atoms with Crippen LogP contribution in [-0.2, 0) is 42.9 Å². The molecular formula is C34H42O11. The summed E-state index contributed by atoms with van der Waals surface area (Å²) in [5, 5.41) is 12.3. The van der Waals surface area contributed by atoms with E-state index in [1.165, 1.54) is 45.1 Å². The molecule has 45 heavy (non-hydrogen) atoms. The first-order chi connectivity index (χ1) is 20.9. The molecule has 0 aromatic heterocycles. The van der Waals surface area contributed by atoms with E-state index in [4.69, 9.17) is 18.9 Å². The van der Waals surface area contributed by atoms with Crippen LogP contribution < -0.4 is 0 Å². The van der Waals surface area contributed by atoms with Gasteiger partial charge in [-0.15, -0.1) is 0 Å². The molecule has 1 N–H and O–H groups in total. The normalized spacial score (nSPS) is 31.6. The predicted molar refractivity (Wildman–Crippen MR) is 160 cm³/mol. The molecule has 244 valence electrons. The van der Waals surface area contributed by atoms with Gasteiger partial charge in [-0.3, -0.25) is 24.0 Å². The molecule has 2 aliphatic rings. The summed E-state index contributed by atoms with van der Waals surface area (Å²) >= 11 is 0. The molecule has 11 nitrogen and oxygen atoms in total. The van der Waals surface area contributed by atoms with Crippen LogP contribution in [0.3, 0.4) is 0 Å². The third-order valence-electron chi connectivity index (χ3n) is 8.35. The van der Waals surface area contributed by atoms with Gasteiger partial charge in [0, 0.05) is 37.2 Å². The number of ether oxygens (including phenoxy) is 4. The average molecular weight is 627 g/mol. The summed E-state index contributed by atoms with van der Waals surface area (Å²) in [6.45, 7) is 14.0. The van der Waals surface area contributed by atoms with E-state index in [0.29, 0.717) is 0 Å². The van der Waals surface area contributed by atoms with Gasteiger partial charge < -0.3 is 24.1 Å². The Balaban J connectivity index is 2.33. The van der Waals surface area contributed by atoms with E-state index in [9.17, 15) is 33.9 Å². The number of esters is 4. The summed E-state index contributed by atoms with van der Waals surface area (Å²) in [5.41, 5.74) is -3.64. The fourth-order valence-electron chi connectivity index (χ4n) is 6.04. The maximum absolute atomic E-state index is 14.1. The number of aliphatic hydroxyl groups is 1. The van der Waals surface area contributed by atoms with Crippen molar-refractivity contribution in [2.45, 2.75) is 91.3 Å². The zero-order valence-corrected chi connectivity index (χ0v) is 26.7. The van der Waals surface area contributed by atoms with Crippen molar-refractivity contribution in [2.24, 2.45) is 23.2 Å². The van der Waals surface area contributed by atoms with Crippen LogP contribution in [0.15, 0.2) is 54.6 Å². The molecular weight excluding hydrogens is 584 g/mol. The second kappa shape index (κ2) is 13.9. The van der Waals surface area contributed by atoms with Crippen LogP contribution in [0.2, 0.25) is 0 Å². The largest absolute Gasteiger partial charge is 0.458 e. The highest BCUT2D eigenvalue weighted by atomic mass is 16.6. The van der Waals surface area contributed by atoms with E-state index in [1.807, 2.05) is 0 Å². The van der Waals surface area contributed by atoms with Crippen molar-refractivity contribution >= 4 is 35.4 Å². The molecule has 8 unspecified atom stereocenters. The number of ketones is 2. The summed E-state index contributed by atoms with van der Waals surface area (Å²) in [7, 11) is 0. The molecule has 0 amide bonds. The fourth-order valence-corrected chi connectivity index (χ4v) is 6.04. The number of allylic oxidation sites excluding steroid dienone is 2. The number of carbonyl (C=O) groups excluding carboxylic acids is 6. The van der Waals surface area contributed by atoms with Crippen molar-refractivity contribution in [3.8, 4) is 0 Å². The Morgan fingerprint density at radius 3 is 2.02 bits per heavy atom. The number of rotatable bonds is 6. The lowest BCUT2D eigenvalue weighted by molar-refractivity contribution is -0.175. The molecule has 0 spiro atoms. The van der Waals surface area contributed by atoms with Crippen LogP contribution in [0.1, 0.15) is 71.7 Å². The highest BCUT2D eigenvalue weighted by Crippen LogP contribution is 2.49. The molecule has 8 atom stereocenters. The van der Waals surface area contributed by atoms with Gasteiger partial charge in [-0.25, -0.2) is 4.79 Å². The van der Waals surface area contributed by atoms with Crippen molar-refractivity contribution in [1.82, 2.24) is 0 Å². The van der Waals surface area contributed by atoms with Gasteiger partial charge in [0.1, 0.15) is 17.8 Å². The number of fused-ring (bicyclic) bond motifs is 1. The average Bonchev–Trinajstić information content (AvgIpc) is 3.23. The third-order valence-corrected chi connectivity index (χ3v) is 8.35. The number of hydrogen-bond acceptors (Lipinski definition) is 11. The number of carbonyl (C=O) groups is 6. The molecule has 2 aliphatic carbocycles. The van der Waals surface area contributed by atoms with E-state index in [-0.39, 0.29) is 24.0 Å². The van der Waals surface area contributed by atoms with Crippen molar-refractivity contribution < 1.29 is 52.8 Å². The van der Waals surface area contributed by atoms with Gasteiger partial charge in [-0.1, -0.05) is 57.7 Å². The Bertz CT molecular complexity index is 1380. The maximum Gasteiger partial charge on any atom is 0.338 e. The smallest absolute Gasteiger partial charge is 0.338 e. The summed E-state index contributed by atoms with van der Waals surface area (Å²) < 4.78 is 22.8. The SMILES string of the molecule is C=C1C(OC(=O)CC)C(OC(C)=O)C(=O)C(C)(C)C=CC(C)C(=O)C2(O)CC(C)C(OC(=O)c3ccccc3)C2C1OC(C)=O. The Hall–Kier alpha value is -4.12. The molecule has 0 heterocycles. The molecule has 0 aliphatic heterocycles. The second-order valence-electron chi connectivity index (χ2n) is 12.4. The van der Waals surface area contributed by atoms with Gasteiger partial charge in [-0.2, -0.15) is 0 Å². The molecule has 1 aromatic rings. The first kappa shape index (κ1) is 35.4. The predicted octanol–water partition coefficient (Wildman–Crippen LogP) is 3.71. The van der Waals surface area contributed by atoms with Crippen LogP contribution in [-0.4, -0.2) is 70.6 Å². The van der Waals surface area contributed by atoms with E-state index in [0.717, 1.165) is 13.8 Å². The van der Waals surface area contributed by atoms with Crippen LogP contribution >= 0.6 is 0 Å². The van der Waals surface area contributed by atoms with Crippen LogP contribution in [0.25, 0.3) is 0 Å². The Morgan fingerprint density at radius 2 is 1.47 bits per heavy atom. The first-order valence-electron chi connectivity index (χ1n) is 14.9. The minimum Gasteiger partial charge on any atom is -0.458 e. The van der Waals surface area contributed by atoms with Crippen molar-refractivity contribution in [3.05, 3.63) is 60.2 Å². The monoisotopic (exact) mass is 626 g/mol.